The molecule has 1 aliphatic heterocycles. The van der Waals surface area contributed by atoms with Crippen molar-refractivity contribution in [3.63, 3.8) is 0 Å². The zero-order valence-electron chi connectivity index (χ0n) is 9.87. The molecule has 5 heteroatoms. The minimum atomic E-state index is -2.48. The normalized spacial score (nSPS) is 17.8. The van der Waals surface area contributed by atoms with Crippen LogP contribution >= 0.6 is 0 Å². The molecule has 3 nitrogen and oxygen atoms in total. The lowest BCUT2D eigenvalue weighted by molar-refractivity contribution is 0.151. The number of alkyl halides is 2. The van der Waals surface area contributed by atoms with Crippen molar-refractivity contribution >= 4 is 11.4 Å². The van der Waals surface area contributed by atoms with Gasteiger partial charge in [0.25, 0.3) is 6.43 Å². The van der Waals surface area contributed by atoms with E-state index in [1.165, 1.54) is 6.07 Å². The van der Waals surface area contributed by atoms with Gasteiger partial charge in [0, 0.05) is 43.1 Å². The predicted molar refractivity (Wildman–Crippen MR) is 65.5 cm³/mol. The van der Waals surface area contributed by atoms with E-state index in [0.717, 1.165) is 26.2 Å². The molecule has 0 unspecified atom stereocenters. The Hall–Kier alpha value is -1.36. The molecule has 1 aromatic carbocycles. The van der Waals surface area contributed by atoms with E-state index in [4.69, 9.17) is 5.73 Å². The molecule has 0 radical (unpaired) electrons. The molecular formula is C12H17F2N3. The van der Waals surface area contributed by atoms with Crippen LogP contribution in [0.5, 0.6) is 0 Å². The second-order valence-electron chi connectivity index (χ2n) is 4.41. The van der Waals surface area contributed by atoms with E-state index < -0.39 is 6.43 Å². The summed E-state index contributed by atoms with van der Waals surface area (Å²) in [6.45, 7) is 3.35. The number of benzene rings is 1. The first kappa shape index (κ1) is 12.1. The maximum absolute atomic E-state index is 12.9. The van der Waals surface area contributed by atoms with Crippen molar-refractivity contribution in [3.8, 4) is 0 Å². The summed E-state index contributed by atoms with van der Waals surface area (Å²) in [4.78, 5) is 4.19. The number of halogens is 2. The molecule has 2 N–H and O–H groups in total. The largest absolute Gasteiger partial charge is 0.399 e. The summed E-state index contributed by atoms with van der Waals surface area (Å²) >= 11 is 0. The lowest BCUT2D eigenvalue weighted by Gasteiger charge is -2.35. The Morgan fingerprint density at radius 1 is 1.18 bits per heavy atom. The Labute approximate surface area is 99.8 Å². The minimum absolute atomic E-state index is 0.0366. The first-order chi connectivity index (χ1) is 8.08. The third-order valence-electron chi connectivity index (χ3n) is 3.13. The van der Waals surface area contributed by atoms with E-state index in [1.807, 2.05) is 11.9 Å². The van der Waals surface area contributed by atoms with Gasteiger partial charge in [0.2, 0.25) is 0 Å². The summed E-state index contributed by atoms with van der Waals surface area (Å²) in [5.41, 5.74) is 6.59. The van der Waals surface area contributed by atoms with E-state index in [2.05, 4.69) is 4.90 Å². The summed E-state index contributed by atoms with van der Waals surface area (Å²) in [5, 5.41) is 0. The molecular weight excluding hydrogens is 224 g/mol. The van der Waals surface area contributed by atoms with E-state index in [0.29, 0.717) is 11.4 Å². The minimum Gasteiger partial charge on any atom is -0.399 e. The Bertz CT molecular complexity index is 387. The van der Waals surface area contributed by atoms with Crippen molar-refractivity contribution in [1.29, 1.82) is 0 Å². The van der Waals surface area contributed by atoms with Crippen LogP contribution < -0.4 is 10.6 Å². The van der Waals surface area contributed by atoms with Crippen molar-refractivity contribution in [3.05, 3.63) is 23.8 Å². The number of piperazine rings is 1. The number of nitrogens with zero attached hydrogens (tertiary/aromatic N) is 2. The Morgan fingerprint density at radius 3 is 2.41 bits per heavy atom. The second kappa shape index (κ2) is 4.87. The van der Waals surface area contributed by atoms with Crippen LogP contribution in [-0.4, -0.2) is 38.1 Å². The third kappa shape index (κ3) is 2.66. The number of likely N-dealkylation sites (N-methyl/N-ethyl adjacent to an activating group) is 1. The predicted octanol–water partition coefficient (Wildman–Crippen LogP) is 1.96. The fourth-order valence-electron chi connectivity index (χ4n) is 2.08. The van der Waals surface area contributed by atoms with E-state index in [-0.39, 0.29) is 5.56 Å². The van der Waals surface area contributed by atoms with Crippen LogP contribution in [0, 0.1) is 0 Å². The lowest BCUT2D eigenvalue weighted by atomic mass is 10.1. The Balaban J connectivity index is 2.25. The summed E-state index contributed by atoms with van der Waals surface area (Å²) in [6.07, 6.45) is -2.48. The summed E-state index contributed by atoms with van der Waals surface area (Å²) in [7, 11) is 2.04. The van der Waals surface area contributed by atoms with Crippen molar-refractivity contribution in [1.82, 2.24) is 4.90 Å². The molecule has 0 spiro atoms. The number of nitrogens with two attached hydrogens (primary N) is 1. The molecule has 1 heterocycles. The fraction of sp³-hybridized carbons (Fsp3) is 0.500. The van der Waals surface area contributed by atoms with Gasteiger partial charge in [0.1, 0.15) is 0 Å². The first-order valence-electron chi connectivity index (χ1n) is 5.69. The Kier molecular flexibility index (Phi) is 3.47. The summed E-state index contributed by atoms with van der Waals surface area (Å²) in [5.74, 6) is 0. The monoisotopic (exact) mass is 241 g/mol. The van der Waals surface area contributed by atoms with Gasteiger partial charge in [-0.1, -0.05) is 0 Å². The number of nitrogen functional groups attached to an aromatic ring is 1. The average molecular weight is 241 g/mol. The van der Waals surface area contributed by atoms with Crippen molar-refractivity contribution in [2.45, 2.75) is 6.43 Å². The average Bonchev–Trinajstić information content (AvgIpc) is 2.30. The fourth-order valence-corrected chi connectivity index (χ4v) is 2.08. The van der Waals surface area contributed by atoms with Gasteiger partial charge in [0.15, 0.2) is 0 Å². The highest BCUT2D eigenvalue weighted by atomic mass is 19.3. The summed E-state index contributed by atoms with van der Waals surface area (Å²) in [6, 6.07) is 4.75. The maximum atomic E-state index is 12.9. The number of hydrogen-bond acceptors (Lipinski definition) is 3. The van der Waals surface area contributed by atoms with E-state index >= 15 is 0 Å². The number of hydrogen-bond donors (Lipinski definition) is 1. The van der Waals surface area contributed by atoms with Gasteiger partial charge < -0.3 is 15.5 Å². The molecule has 0 aromatic heterocycles. The molecule has 17 heavy (non-hydrogen) atoms. The highest BCUT2D eigenvalue weighted by Crippen LogP contribution is 2.32. The van der Waals surface area contributed by atoms with Crippen LogP contribution in [-0.2, 0) is 0 Å². The molecule has 0 aliphatic carbocycles. The van der Waals surface area contributed by atoms with Gasteiger partial charge in [-0.05, 0) is 25.2 Å². The van der Waals surface area contributed by atoms with Crippen LogP contribution in [0.4, 0.5) is 20.2 Å². The Morgan fingerprint density at radius 2 is 1.82 bits per heavy atom. The van der Waals surface area contributed by atoms with Crippen LogP contribution in [0.3, 0.4) is 0 Å². The molecule has 1 saturated heterocycles. The van der Waals surface area contributed by atoms with Crippen molar-refractivity contribution in [2.75, 3.05) is 43.9 Å². The smallest absolute Gasteiger partial charge is 0.265 e. The van der Waals surface area contributed by atoms with Gasteiger partial charge >= 0.3 is 0 Å². The standard InChI is InChI=1S/C12H17F2N3/c1-16-4-6-17(7-5-16)11-3-2-9(15)8-10(11)12(13)14/h2-3,8,12H,4-7,15H2,1H3. The molecule has 0 amide bonds. The SMILES string of the molecule is CN1CCN(c2ccc(N)cc2C(F)F)CC1. The van der Waals surface area contributed by atoms with Crippen molar-refractivity contribution in [2.24, 2.45) is 0 Å². The second-order valence-corrected chi connectivity index (χ2v) is 4.41. The lowest BCUT2D eigenvalue weighted by Crippen LogP contribution is -2.44. The van der Waals surface area contributed by atoms with E-state index in [9.17, 15) is 8.78 Å². The highest BCUT2D eigenvalue weighted by molar-refractivity contribution is 5.60. The first-order valence-corrected chi connectivity index (χ1v) is 5.69. The van der Waals surface area contributed by atoms with Crippen molar-refractivity contribution < 1.29 is 8.78 Å². The summed E-state index contributed by atoms with van der Waals surface area (Å²) < 4.78 is 25.9. The van der Waals surface area contributed by atoms with Gasteiger partial charge in [-0.25, -0.2) is 8.78 Å². The molecule has 94 valence electrons. The van der Waals surface area contributed by atoms with Gasteiger partial charge in [-0.15, -0.1) is 0 Å². The number of anilines is 2. The molecule has 1 aromatic rings. The van der Waals surface area contributed by atoms with Gasteiger partial charge in [-0.2, -0.15) is 0 Å². The molecule has 0 atom stereocenters. The van der Waals surface area contributed by atoms with Crippen LogP contribution in [0.2, 0.25) is 0 Å². The highest BCUT2D eigenvalue weighted by Gasteiger charge is 2.20. The number of rotatable bonds is 2. The maximum Gasteiger partial charge on any atom is 0.265 e. The topological polar surface area (TPSA) is 32.5 Å². The molecule has 2 rings (SSSR count). The zero-order chi connectivity index (χ0) is 12.4. The molecule has 0 saturated carbocycles. The van der Waals surface area contributed by atoms with Crippen LogP contribution in [0.1, 0.15) is 12.0 Å². The molecule has 1 fully saturated rings. The third-order valence-corrected chi connectivity index (χ3v) is 3.13. The molecule has 0 bridgehead atoms. The zero-order valence-corrected chi connectivity index (χ0v) is 9.87. The van der Waals surface area contributed by atoms with Crippen LogP contribution in [0.25, 0.3) is 0 Å². The molecule has 1 aliphatic rings. The van der Waals surface area contributed by atoms with Gasteiger partial charge in [-0.3, -0.25) is 0 Å². The van der Waals surface area contributed by atoms with Gasteiger partial charge in [0.05, 0.1) is 0 Å². The van der Waals surface area contributed by atoms with Crippen LogP contribution in [0.15, 0.2) is 18.2 Å². The van der Waals surface area contributed by atoms with E-state index in [1.54, 1.807) is 12.1 Å². The quantitative estimate of drug-likeness (QED) is 0.803.